The summed E-state index contributed by atoms with van der Waals surface area (Å²) in [5, 5.41) is -0.115. The highest BCUT2D eigenvalue weighted by Gasteiger charge is 2.20. The van der Waals surface area contributed by atoms with Crippen molar-refractivity contribution < 1.29 is 4.74 Å². The summed E-state index contributed by atoms with van der Waals surface area (Å²) in [5.74, 6) is 1.75. The minimum atomic E-state index is -0.115. The maximum atomic E-state index is 6.29. The van der Waals surface area contributed by atoms with Crippen molar-refractivity contribution in [2.75, 3.05) is 6.61 Å². The number of aromatic nitrogens is 2. The molecule has 0 bridgehead atoms. The van der Waals surface area contributed by atoms with Crippen molar-refractivity contribution >= 4 is 22.6 Å². The molecule has 0 saturated carbocycles. The Bertz CT molecular complexity index is 563. The molecule has 2 aromatic rings. The Morgan fingerprint density at radius 3 is 2.63 bits per heavy atom. The topological polar surface area (TPSA) is 27.1 Å². The van der Waals surface area contributed by atoms with Crippen LogP contribution in [0.2, 0.25) is 0 Å². The lowest BCUT2D eigenvalue weighted by atomic mass is 10.2. The van der Waals surface area contributed by atoms with Crippen LogP contribution in [0.25, 0.3) is 11.0 Å². The van der Waals surface area contributed by atoms with E-state index in [1.54, 1.807) is 0 Å². The summed E-state index contributed by atoms with van der Waals surface area (Å²) in [4.78, 5) is 4.71. The van der Waals surface area contributed by atoms with E-state index < -0.39 is 0 Å². The predicted molar refractivity (Wildman–Crippen MR) is 80.2 cm³/mol. The van der Waals surface area contributed by atoms with E-state index in [1.165, 1.54) is 0 Å². The number of imidazole rings is 1. The smallest absolute Gasteiger partial charge is 0.147 e. The van der Waals surface area contributed by atoms with Crippen molar-refractivity contribution in [2.45, 2.75) is 45.5 Å². The van der Waals surface area contributed by atoms with Gasteiger partial charge in [-0.1, -0.05) is 13.0 Å². The molecule has 0 radical (unpaired) electrons. The van der Waals surface area contributed by atoms with Crippen LogP contribution in [0.3, 0.4) is 0 Å². The molecular formula is C15H21ClN2O. The zero-order chi connectivity index (χ0) is 14.0. The van der Waals surface area contributed by atoms with Gasteiger partial charge < -0.3 is 9.30 Å². The number of benzene rings is 1. The van der Waals surface area contributed by atoms with Gasteiger partial charge in [0.1, 0.15) is 17.1 Å². The third-order valence-electron chi connectivity index (χ3n) is 3.40. The van der Waals surface area contributed by atoms with E-state index >= 15 is 0 Å². The first-order valence-electron chi connectivity index (χ1n) is 6.87. The fourth-order valence-corrected chi connectivity index (χ4v) is 2.46. The maximum Gasteiger partial charge on any atom is 0.147 e. The zero-order valence-electron chi connectivity index (χ0n) is 12.0. The second-order valence-electron chi connectivity index (χ2n) is 4.77. The first kappa shape index (κ1) is 14.2. The summed E-state index contributed by atoms with van der Waals surface area (Å²) in [6, 6.07) is 6.43. The van der Waals surface area contributed by atoms with E-state index in [1.807, 2.05) is 26.0 Å². The van der Waals surface area contributed by atoms with Crippen LogP contribution in [-0.4, -0.2) is 16.2 Å². The summed E-state index contributed by atoms with van der Waals surface area (Å²) < 4.78 is 7.89. The Kier molecular flexibility index (Phi) is 4.35. The normalized spacial score (nSPS) is 14.6. The van der Waals surface area contributed by atoms with Gasteiger partial charge in [-0.3, -0.25) is 0 Å². The Labute approximate surface area is 119 Å². The van der Waals surface area contributed by atoms with Gasteiger partial charge in [-0.15, -0.1) is 11.6 Å². The van der Waals surface area contributed by atoms with Crippen molar-refractivity contribution in [1.82, 2.24) is 9.55 Å². The average Bonchev–Trinajstić information content (AvgIpc) is 2.79. The molecule has 0 aliphatic heterocycles. The van der Waals surface area contributed by atoms with Crippen molar-refractivity contribution in [3.05, 3.63) is 24.0 Å². The molecule has 0 amide bonds. The van der Waals surface area contributed by atoms with Gasteiger partial charge in [0.25, 0.3) is 0 Å². The van der Waals surface area contributed by atoms with Gasteiger partial charge in [0.2, 0.25) is 0 Å². The monoisotopic (exact) mass is 280 g/mol. The number of nitrogens with zero attached hydrogens (tertiary/aromatic N) is 2. The summed E-state index contributed by atoms with van der Waals surface area (Å²) in [7, 11) is 0. The van der Waals surface area contributed by atoms with Crippen LogP contribution in [-0.2, 0) is 0 Å². The summed E-state index contributed by atoms with van der Waals surface area (Å²) >= 11 is 6.29. The molecule has 0 N–H and O–H groups in total. The van der Waals surface area contributed by atoms with E-state index in [0.717, 1.165) is 29.0 Å². The van der Waals surface area contributed by atoms with Gasteiger partial charge >= 0.3 is 0 Å². The minimum Gasteiger partial charge on any atom is -0.492 e. The largest absolute Gasteiger partial charge is 0.492 e. The third kappa shape index (κ3) is 2.57. The third-order valence-corrected chi connectivity index (χ3v) is 3.59. The molecule has 3 nitrogen and oxygen atoms in total. The van der Waals surface area contributed by atoms with Gasteiger partial charge in [0.15, 0.2) is 0 Å². The van der Waals surface area contributed by atoms with Gasteiger partial charge in [-0.05, 0) is 39.3 Å². The summed E-state index contributed by atoms with van der Waals surface area (Å²) in [6.45, 7) is 8.95. The quantitative estimate of drug-likeness (QED) is 0.742. The van der Waals surface area contributed by atoms with Crippen molar-refractivity contribution in [3.63, 3.8) is 0 Å². The Hall–Kier alpha value is -1.22. The second kappa shape index (κ2) is 5.83. The molecular weight excluding hydrogens is 260 g/mol. The van der Waals surface area contributed by atoms with E-state index in [0.29, 0.717) is 12.6 Å². The number of fused-ring (bicyclic) bond motifs is 1. The highest BCUT2D eigenvalue weighted by Crippen LogP contribution is 2.33. The molecule has 0 aliphatic rings. The number of para-hydroxylation sites is 1. The molecule has 1 heterocycles. The lowest BCUT2D eigenvalue weighted by Gasteiger charge is -2.16. The zero-order valence-corrected chi connectivity index (χ0v) is 12.7. The average molecular weight is 281 g/mol. The fraction of sp³-hybridized carbons (Fsp3) is 0.533. The molecule has 0 spiro atoms. The number of hydrogen-bond donors (Lipinski definition) is 0. The lowest BCUT2D eigenvalue weighted by Crippen LogP contribution is -2.08. The van der Waals surface area contributed by atoms with Crippen molar-refractivity contribution in [2.24, 2.45) is 0 Å². The molecule has 104 valence electrons. The highest BCUT2D eigenvalue weighted by atomic mass is 35.5. The van der Waals surface area contributed by atoms with Crippen molar-refractivity contribution in [3.8, 4) is 5.75 Å². The van der Waals surface area contributed by atoms with Crippen LogP contribution in [0.15, 0.2) is 18.2 Å². The Balaban J connectivity index is 2.69. The van der Waals surface area contributed by atoms with Crippen molar-refractivity contribution in [1.29, 1.82) is 0 Å². The van der Waals surface area contributed by atoms with Gasteiger partial charge in [0, 0.05) is 6.04 Å². The molecule has 1 aromatic carbocycles. The van der Waals surface area contributed by atoms with Crippen LogP contribution in [0.1, 0.15) is 51.4 Å². The van der Waals surface area contributed by atoms with E-state index in [4.69, 9.17) is 21.3 Å². The predicted octanol–water partition coefficient (Wildman–Crippen LogP) is 4.71. The standard InChI is InChI=1S/C15H21ClN2O/c1-5-10(3)18-12-8-7-9-13(19-6-2)14(12)17-15(18)11(4)16/h7-11H,5-6H2,1-4H3. The second-order valence-corrected chi connectivity index (χ2v) is 5.42. The van der Waals surface area contributed by atoms with Gasteiger partial charge in [-0.25, -0.2) is 4.98 Å². The molecule has 1 aromatic heterocycles. The first-order chi connectivity index (χ1) is 9.10. The number of ether oxygens (including phenoxy) is 1. The lowest BCUT2D eigenvalue weighted by molar-refractivity contribution is 0.343. The van der Waals surface area contributed by atoms with Crippen LogP contribution < -0.4 is 4.74 Å². The van der Waals surface area contributed by atoms with E-state index in [9.17, 15) is 0 Å². The summed E-state index contributed by atoms with van der Waals surface area (Å²) in [5.41, 5.74) is 2.01. The Morgan fingerprint density at radius 2 is 2.05 bits per heavy atom. The van der Waals surface area contributed by atoms with Crippen LogP contribution in [0.5, 0.6) is 5.75 Å². The first-order valence-corrected chi connectivity index (χ1v) is 7.31. The van der Waals surface area contributed by atoms with Crippen LogP contribution >= 0.6 is 11.6 Å². The van der Waals surface area contributed by atoms with E-state index in [-0.39, 0.29) is 5.38 Å². The van der Waals surface area contributed by atoms with Crippen LogP contribution in [0, 0.1) is 0 Å². The number of rotatable bonds is 5. The molecule has 2 unspecified atom stereocenters. The number of alkyl halides is 1. The van der Waals surface area contributed by atoms with Crippen LogP contribution in [0.4, 0.5) is 0 Å². The maximum absolute atomic E-state index is 6.29. The molecule has 4 heteroatoms. The van der Waals surface area contributed by atoms with E-state index in [2.05, 4.69) is 24.5 Å². The number of hydrogen-bond acceptors (Lipinski definition) is 2. The SMILES string of the molecule is CCOc1cccc2c1nc(C(C)Cl)n2C(C)CC. The molecule has 0 fully saturated rings. The summed E-state index contributed by atoms with van der Waals surface area (Å²) in [6.07, 6.45) is 1.04. The molecule has 2 rings (SSSR count). The molecule has 0 aliphatic carbocycles. The van der Waals surface area contributed by atoms with Gasteiger partial charge in [-0.2, -0.15) is 0 Å². The minimum absolute atomic E-state index is 0.115. The fourth-order valence-electron chi connectivity index (χ4n) is 2.31. The molecule has 2 atom stereocenters. The Morgan fingerprint density at radius 1 is 1.32 bits per heavy atom. The molecule has 19 heavy (non-hydrogen) atoms. The number of halogens is 1. The van der Waals surface area contributed by atoms with Gasteiger partial charge in [0.05, 0.1) is 17.5 Å². The highest BCUT2D eigenvalue weighted by molar-refractivity contribution is 6.20. The molecule has 0 saturated heterocycles.